The Morgan fingerprint density at radius 2 is 1.67 bits per heavy atom. The van der Waals surface area contributed by atoms with Gasteiger partial charge in [0.2, 0.25) is 10.0 Å². The van der Waals surface area contributed by atoms with Crippen LogP contribution in [0.5, 0.6) is 0 Å². The average molecular weight is 426 g/mol. The number of aromatic nitrogens is 1. The van der Waals surface area contributed by atoms with Crippen molar-refractivity contribution < 1.29 is 17.6 Å². The minimum atomic E-state index is -3.57. The Hall–Kier alpha value is -2.97. The molecule has 1 aliphatic heterocycles. The van der Waals surface area contributed by atoms with Crippen molar-refractivity contribution in [3.63, 3.8) is 0 Å². The van der Waals surface area contributed by atoms with Crippen LogP contribution in [0.3, 0.4) is 0 Å². The molecule has 30 heavy (non-hydrogen) atoms. The van der Waals surface area contributed by atoms with Crippen LogP contribution < -0.4 is 0 Å². The Labute approximate surface area is 176 Å². The molecule has 1 aliphatic rings. The molecule has 0 spiro atoms. The first kappa shape index (κ1) is 20.3. The summed E-state index contributed by atoms with van der Waals surface area (Å²) in [5.41, 5.74) is 3.40. The van der Waals surface area contributed by atoms with E-state index in [-0.39, 0.29) is 19.0 Å². The Balaban J connectivity index is 1.42. The highest BCUT2D eigenvalue weighted by molar-refractivity contribution is 7.89. The first-order chi connectivity index (χ1) is 14.4. The van der Waals surface area contributed by atoms with Gasteiger partial charge in [0.05, 0.1) is 11.1 Å². The second kappa shape index (κ2) is 8.04. The number of aryl methyl sites for hydroxylation is 2. The number of carbonyl (C=O) groups excluding carboxylic acids is 1. The van der Waals surface area contributed by atoms with Crippen molar-refractivity contribution in [2.45, 2.75) is 18.7 Å². The van der Waals surface area contributed by atoms with Crippen molar-refractivity contribution in [2.24, 2.45) is 0 Å². The van der Waals surface area contributed by atoms with Crippen molar-refractivity contribution in [3.05, 3.63) is 71.7 Å². The van der Waals surface area contributed by atoms with Gasteiger partial charge in [0.1, 0.15) is 0 Å². The summed E-state index contributed by atoms with van der Waals surface area (Å²) >= 11 is 0. The summed E-state index contributed by atoms with van der Waals surface area (Å²) < 4.78 is 32.6. The van der Waals surface area contributed by atoms with E-state index in [1.807, 2.05) is 32.0 Å². The van der Waals surface area contributed by atoms with E-state index >= 15 is 0 Å². The number of carbonyl (C=O) groups is 1. The molecule has 1 saturated heterocycles. The highest BCUT2D eigenvalue weighted by Gasteiger charge is 2.30. The van der Waals surface area contributed by atoms with Gasteiger partial charge in [-0.25, -0.2) is 13.4 Å². The lowest BCUT2D eigenvalue weighted by molar-refractivity contribution is 0.0698. The van der Waals surface area contributed by atoms with Crippen LogP contribution >= 0.6 is 0 Å². The van der Waals surface area contributed by atoms with Crippen LogP contribution in [-0.4, -0.2) is 54.7 Å². The number of piperazine rings is 1. The quantitative estimate of drug-likeness (QED) is 0.641. The fraction of sp³-hybridized carbons (Fsp3) is 0.273. The molecule has 156 valence electrons. The lowest BCUT2D eigenvalue weighted by atomic mass is 10.1. The van der Waals surface area contributed by atoms with E-state index in [4.69, 9.17) is 4.42 Å². The molecule has 8 heteroatoms. The van der Waals surface area contributed by atoms with Gasteiger partial charge in [-0.05, 0) is 49.2 Å². The van der Waals surface area contributed by atoms with Crippen LogP contribution in [0.4, 0.5) is 0 Å². The molecule has 4 rings (SSSR count). The maximum Gasteiger partial charge on any atom is 0.253 e. The second-order valence-electron chi connectivity index (χ2n) is 7.39. The third-order valence-corrected chi connectivity index (χ3v) is 7.39. The van der Waals surface area contributed by atoms with Crippen LogP contribution in [-0.2, 0) is 10.0 Å². The molecule has 0 bridgehead atoms. The lowest BCUT2D eigenvalue weighted by Crippen LogP contribution is -2.50. The maximum atomic E-state index is 13.0. The van der Waals surface area contributed by atoms with Crippen LogP contribution in [0.1, 0.15) is 21.5 Å². The highest BCUT2D eigenvalue weighted by atomic mass is 32.2. The van der Waals surface area contributed by atoms with Crippen molar-refractivity contribution in [2.75, 3.05) is 26.2 Å². The van der Waals surface area contributed by atoms with Gasteiger partial charge in [-0.15, -0.1) is 0 Å². The normalized spacial score (nSPS) is 15.3. The number of nitrogens with zero attached hydrogens (tertiary/aromatic N) is 3. The van der Waals surface area contributed by atoms with Crippen molar-refractivity contribution >= 4 is 15.9 Å². The first-order valence-electron chi connectivity index (χ1n) is 9.72. The highest BCUT2D eigenvalue weighted by Crippen LogP contribution is 2.22. The van der Waals surface area contributed by atoms with E-state index in [0.29, 0.717) is 29.3 Å². The van der Waals surface area contributed by atoms with E-state index in [1.165, 1.54) is 10.7 Å². The zero-order valence-electron chi connectivity index (χ0n) is 16.9. The molecule has 0 unspecified atom stereocenters. The largest absolute Gasteiger partial charge is 0.444 e. The van der Waals surface area contributed by atoms with E-state index in [0.717, 1.165) is 16.7 Å². The molecule has 2 aromatic carbocycles. The molecular formula is C22H23N3O4S. The number of hydrogen-bond donors (Lipinski definition) is 0. The van der Waals surface area contributed by atoms with Gasteiger partial charge in [0, 0.05) is 37.3 Å². The smallest absolute Gasteiger partial charge is 0.253 e. The molecule has 2 heterocycles. The van der Waals surface area contributed by atoms with Crippen molar-refractivity contribution in [1.29, 1.82) is 0 Å². The van der Waals surface area contributed by atoms with Crippen LogP contribution in [0, 0.1) is 13.8 Å². The molecule has 0 atom stereocenters. The third-order valence-electron chi connectivity index (χ3n) is 5.49. The fourth-order valence-electron chi connectivity index (χ4n) is 3.47. The van der Waals surface area contributed by atoms with Gasteiger partial charge >= 0.3 is 0 Å². The number of amides is 1. The lowest BCUT2D eigenvalue weighted by Gasteiger charge is -2.34. The van der Waals surface area contributed by atoms with Gasteiger partial charge in [-0.1, -0.05) is 18.2 Å². The predicted octanol–water partition coefficient (Wildman–Crippen LogP) is 3.11. The van der Waals surface area contributed by atoms with Crippen molar-refractivity contribution in [1.82, 2.24) is 14.2 Å². The average Bonchev–Trinajstić information content (AvgIpc) is 3.30. The zero-order chi connectivity index (χ0) is 21.3. The van der Waals surface area contributed by atoms with Gasteiger partial charge in [0.25, 0.3) is 5.91 Å². The van der Waals surface area contributed by atoms with E-state index in [9.17, 15) is 13.2 Å². The fourth-order valence-corrected chi connectivity index (χ4v) is 4.98. The summed E-state index contributed by atoms with van der Waals surface area (Å²) in [6.45, 7) is 5.11. The summed E-state index contributed by atoms with van der Waals surface area (Å²) in [5.74, 6) is 0.529. The number of hydrogen-bond acceptors (Lipinski definition) is 5. The molecule has 1 amide bonds. The van der Waals surface area contributed by atoms with E-state index < -0.39 is 10.0 Å². The Morgan fingerprint density at radius 3 is 2.27 bits per heavy atom. The number of rotatable bonds is 4. The second-order valence-corrected chi connectivity index (χ2v) is 9.32. The van der Waals surface area contributed by atoms with Gasteiger partial charge < -0.3 is 9.32 Å². The number of oxazole rings is 1. The molecule has 0 N–H and O–H groups in total. The molecule has 1 fully saturated rings. The molecule has 7 nitrogen and oxygen atoms in total. The predicted molar refractivity (Wildman–Crippen MR) is 113 cm³/mol. The molecule has 1 aromatic heterocycles. The van der Waals surface area contributed by atoms with Gasteiger partial charge in [-0.2, -0.15) is 4.31 Å². The third kappa shape index (κ3) is 3.88. The molecule has 3 aromatic rings. The maximum absolute atomic E-state index is 13.0. The number of benzene rings is 2. The Kier molecular flexibility index (Phi) is 5.44. The van der Waals surface area contributed by atoms with Crippen LogP contribution in [0.25, 0.3) is 11.3 Å². The molecule has 0 aliphatic carbocycles. The zero-order valence-corrected chi connectivity index (χ0v) is 17.7. The topological polar surface area (TPSA) is 83.7 Å². The van der Waals surface area contributed by atoms with Gasteiger partial charge in [0.15, 0.2) is 12.2 Å². The minimum absolute atomic E-state index is 0.109. The van der Waals surface area contributed by atoms with Crippen LogP contribution in [0.15, 0.2) is 64.4 Å². The monoisotopic (exact) mass is 425 g/mol. The Bertz CT molecular complexity index is 1150. The Morgan fingerprint density at radius 1 is 0.967 bits per heavy atom. The van der Waals surface area contributed by atoms with Gasteiger partial charge in [-0.3, -0.25) is 4.79 Å². The van der Waals surface area contributed by atoms with Crippen LogP contribution in [0.2, 0.25) is 0 Å². The SMILES string of the molecule is Cc1ccc(S(=O)(=O)N2CCN(C(=O)c3ccc(-c4cnco4)cc3)CC2)cc1C. The molecule has 0 radical (unpaired) electrons. The minimum Gasteiger partial charge on any atom is -0.444 e. The molecular weight excluding hydrogens is 402 g/mol. The van der Waals surface area contributed by atoms with E-state index in [2.05, 4.69) is 4.98 Å². The standard InChI is InChI=1S/C22H23N3O4S/c1-16-3-8-20(13-17(16)2)30(27,28)25-11-9-24(10-12-25)22(26)19-6-4-18(5-7-19)21-14-23-15-29-21/h3-8,13-15H,9-12H2,1-2H3. The summed E-state index contributed by atoms with van der Waals surface area (Å²) in [6, 6.07) is 12.3. The summed E-state index contributed by atoms with van der Waals surface area (Å²) in [4.78, 5) is 18.7. The number of sulfonamides is 1. The summed E-state index contributed by atoms with van der Waals surface area (Å²) in [6.07, 6.45) is 2.98. The first-order valence-corrected chi connectivity index (χ1v) is 11.2. The van der Waals surface area contributed by atoms with E-state index in [1.54, 1.807) is 35.4 Å². The molecule has 0 saturated carbocycles. The summed E-state index contributed by atoms with van der Waals surface area (Å²) in [5, 5.41) is 0. The van der Waals surface area contributed by atoms with Crippen molar-refractivity contribution in [3.8, 4) is 11.3 Å². The summed E-state index contributed by atoms with van der Waals surface area (Å²) in [7, 11) is -3.57.